The molecular formula is C15H27N2. The van der Waals surface area contributed by atoms with Crippen molar-refractivity contribution in [2.45, 2.75) is 78.1 Å². The van der Waals surface area contributed by atoms with Crippen LogP contribution in [-0.2, 0) is 0 Å². The van der Waals surface area contributed by atoms with Crippen molar-refractivity contribution < 1.29 is 0 Å². The maximum absolute atomic E-state index is 4.13. The van der Waals surface area contributed by atoms with Crippen LogP contribution in [0.4, 0.5) is 0 Å². The molecule has 0 unspecified atom stereocenters. The van der Waals surface area contributed by atoms with Crippen molar-refractivity contribution in [2.24, 2.45) is 5.10 Å². The van der Waals surface area contributed by atoms with Gasteiger partial charge in [0.15, 0.2) is 0 Å². The van der Waals surface area contributed by atoms with E-state index in [1.54, 1.807) is 0 Å². The Morgan fingerprint density at radius 1 is 0.882 bits per heavy atom. The molecule has 0 fully saturated rings. The van der Waals surface area contributed by atoms with Gasteiger partial charge in [0.2, 0.25) is 0 Å². The van der Waals surface area contributed by atoms with Crippen LogP contribution in [0, 0.1) is 0 Å². The van der Waals surface area contributed by atoms with Gasteiger partial charge >= 0.3 is 0 Å². The van der Waals surface area contributed by atoms with Gasteiger partial charge in [-0.2, -0.15) is 10.5 Å². The number of allylic oxidation sites excluding steroid dienone is 1. The predicted molar refractivity (Wildman–Crippen MR) is 75.2 cm³/mol. The minimum Gasteiger partial charge on any atom is -0.159 e. The quantitative estimate of drug-likeness (QED) is 0.487. The van der Waals surface area contributed by atoms with Gasteiger partial charge in [-0.3, -0.25) is 0 Å². The van der Waals surface area contributed by atoms with E-state index in [0.29, 0.717) is 0 Å². The first-order chi connectivity index (χ1) is 8.34. The van der Waals surface area contributed by atoms with Crippen LogP contribution in [0.15, 0.2) is 16.9 Å². The van der Waals surface area contributed by atoms with Gasteiger partial charge in [0, 0.05) is 0 Å². The Bertz CT molecular complexity index is 254. The van der Waals surface area contributed by atoms with Gasteiger partial charge in [0.25, 0.3) is 0 Å². The van der Waals surface area contributed by atoms with Crippen LogP contribution in [0.5, 0.6) is 0 Å². The SMILES string of the molecule is CCCCCCCCCCCC1=N[N]C=C1C. The van der Waals surface area contributed by atoms with Crippen molar-refractivity contribution in [3.05, 3.63) is 11.8 Å². The molecule has 2 heteroatoms. The van der Waals surface area contributed by atoms with E-state index in [4.69, 9.17) is 0 Å². The molecule has 2 nitrogen and oxygen atoms in total. The van der Waals surface area contributed by atoms with Gasteiger partial charge in [-0.05, 0) is 25.3 Å². The topological polar surface area (TPSA) is 26.5 Å². The molecule has 0 N–H and O–H groups in total. The van der Waals surface area contributed by atoms with Crippen LogP contribution < -0.4 is 5.43 Å². The molecular weight excluding hydrogens is 208 g/mol. The van der Waals surface area contributed by atoms with Crippen LogP contribution in [0.25, 0.3) is 0 Å². The first kappa shape index (κ1) is 14.3. The third-order valence-corrected chi connectivity index (χ3v) is 3.40. The first-order valence-electron chi connectivity index (χ1n) is 7.28. The number of rotatable bonds is 10. The van der Waals surface area contributed by atoms with Crippen LogP contribution in [0.1, 0.15) is 78.1 Å². The van der Waals surface area contributed by atoms with Crippen LogP contribution in [0.3, 0.4) is 0 Å². The molecule has 1 aliphatic rings. The smallest absolute Gasteiger partial charge is 0.0675 e. The molecule has 0 amide bonds. The standard InChI is InChI=1S/C15H27N2/c1-3-4-5-6-7-8-9-10-11-12-15-14(2)13-16-17-15/h13H,3-12H2,1-2H3. The van der Waals surface area contributed by atoms with Gasteiger partial charge in [0.1, 0.15) is 0 Å². The van der Waals surface area contributed by atoms with Crippen molar-refractivity contribution in [1.82, 2.24) is 5.43 Å². The summed E-state index contributed by atoms with van der Waals surface area (Å²) in [6, 6.07) is 0. The van der Waals surface area contributed by atoms with E-state index in [2.05, 4.69) is 24.4 Å². The average molecular weight is 235 g/mol. The van der Waals surface area contributed by atoms with E-state index in [9.17, 15) is 0 Å². The first-order valence-corrected chi connectivity index (χ1v) is 7.28. The molecule has 0 aromatic carbocycles. The summed E-state index contributed by atoms with van der Waals surface area (Å²) in [4.78, 5) is 0. The highest BCUT2D eigenvalue weighted by molar-refractivity contribution is 6.00. The summed E-state index contributed by atoms with van der Waals surface area (Å²) < 4.78 is 0. The van der Waals surface area contributed by atoms with Crippen molar-refractivity contribution >= 4 is 5.71 Å². The molecule has 1 aliphatic heterocycles. The molecule has 0 aromatic heterocycles. The second-order valence-corrected chi connectivity index (χ2v) is 5.05. The van der Waals surface area contributed by atoms with Crippen LogP contribution in [0.2, 0.25) is 0 Å². The fraction of sp³-hybridized carbons (Fsp3) is 0.800. The van der Waals surface area contributed by atoms with Gasteiger partial charge in [-0.25, -0.2) is 0 Å². The molecule has 17 heavy (non-hydrogen) atoms. The largest absolute Gasteiger partial charge is 0.159 e. The summed E-state index contributed by atoms with van der Waals surface area (Å²) in [7, 11) is 0. The van der Waals surface area contributed by atoms with E-state index >= 15 is 0 Å². The van der Waals surface area contributed by atoms with Crippen LogP contribution in [-0.4, -0.2) is 5.71 Å². The van der Waals surface area contributed by atoms with E-state index in [1.165, 1.54) is 69.1 Å². The molecule has 0 aliphatic carbocycles. The summed E-state index contributed by atoms with van der Waals surface area (Å²) in [6.07, 6.45) is 15.4. The Kier molecular flexibility index (Phi) is 7.78. The highest BCUT2D eigenvalue weighted by Crippen LogP contribution is 2.13. The molecule has 0 saturated carbocycles. The molecule has 0 saturated heterocycles. The monoisotopic (exact) mass is 235 g/mol. The number of unbranched alkanes of at least 4 members (excludes halogenated alkanes) is 8. The summed E-state index contributed by atoms with van der Waals surface area (Å²) in [5.41, 5.74) is 6.38. The lowest BCUT2D eigenvalue weighted by molar-refractivity contribution is 0.568. The normalized spacial score (nSPS) is 14.5. The number of hydrogen-bond acceptors (Lipinski definition) is 1. The third-order valence-electron chi connectivity index (χ3n) is 3.40. The molecule has 1 heterocycles. The van der Waals surface area contributed by atoms with Crippen molar-refractivity contribution in [1.29, 1.82) is 0 Å². The summed E-state index contributed by atoms with van der Waals surface area (Å²) in [6.45, 7) is 4.37. The lowest BCUT2D eigenvalue weighted by atomic mass is 10.0. The van der Waals surface area contributed by atoms with Gasteiger partial charge in [-0.15, -0.1) is 0 Å². The predicted octanol–water partition coefficient (Wildman–Crippen LogP) is 4.79. The van der Waals surface area contributed by atoms with Gasteiger partial charge in [0.05, 0.1) is 11.9 Å². The zero-order chi connectivity index (χ0) is 12.3. The maximum Gasteiger partial charge on any atom is 0.0675 e. The average Bonchev–Trinajstić information content (AvgIpc) is 2.73. The highest BCUT2D eigenvalue weighted by Gasteiger charge is 2.07. The van der Waals surface area contributed by atoms with Gasteiger partial charge in [-0.1, -0.05) is 58.3 Å². The summed E-state index contributed by atoms with van der Waals surface area (Å²) in [5, 5.41) is 4.13. The Balaban J connectivity index is 1.83. The lowest BCUT2D eigenvalue weighted by Gasteiger charge is -2.02. The molecule has 0 aromatic rings. The highest BCUT2D eigenvalue weighted by atomic mass is 15.3. The summed E-state index contributed by atoms with van der Waals surface area (Å²) in [5.74, 6) is 0. The molecule has 0 spiro atoms. The van der Waals surface area contributed by atoms with E-state index in [-0.39, 0.29) is 0 Å². The number of nitrogens with zero attached hydrogens (tertiary/aromatic N) is 2. The maximum atomic E-state index is 4.13. The Labute approximate surface area is 107 Å². The van der Waals surface area contributed by atoms with E-state index in [0.717, 1.165) is 6.42 Å². The minimum atomic E-state index is 1.11. The molecule has 1 rings (SSSR count). The fourth-order valence-electron chi connectivity index (χ4n) is 2.19. The number of hydrogen-bond donors (Lipinski definition) is 0. The zero-order valence-electron chi connectivity index (χ0n) is 11.5. The second-order valence-electron chi connectivity index (χ2n) is 5.05. The summed E-state index contributed by atoms with van der Waals surface area (Å²) >= 11 is 0. The molecule has 0 bridgehead atoms. The van der Waals surface area contributed by atoms with Crippen molar-refractivity contribution in [3.63, 3.8) is 0 Å². The zero-order valence-corrected chi connectivity index (χ0v) is 11.5. The van der Waals surface area contributed by atoms with Gasteiger partial charge < -0.3 is 0 Å². The molecule has 0 atom stereocenters. The van der Waals surface area contributed by atoms with E-state index < -0.39 is 0 Å². The second kappa shape index (κ2) is 9.26. The van der Waals surface area contributed by atoms with Crippen LogP contribution >= 0.6 is 0 Å². The van der Waals surface area contributed by atoms with Crippen molar-refractivity contribution in [2.75, 3.05) is 0 Å². The molecule has 1 radical (unpaired) electrons. The Morgan fingerprint density at radius 2 is 1.47 bits per heavy atom. The molecule has 97 valence electrons. The lowest BCUT2D eigenvalue weighted by Crippen LogP contribution is -1.96. The third kappa shape index (κ3) is 6.50. The Morgan fingerprint density at radius 3 is 2.00 bits per heavy atom. The van der Waals surface area contributed by atoms with E-state index in [1.807, 2.05) is 6.20 Å². The Hall–Kier alpha value is -0.790. The fourth-order valence-corrected chi connectivity index (χ4v) is 2.19. The minimum absolute atomic E-state index is 1.11. The van der Waals surface area contributed by atoms with Crippen molar-refractivity contribution in [3.8, 4) is 0 Å².